The van der Waals surface area contributed by atoms with Gasteiger partial charge in [-0.2, -0.15) is 5.10 Å². The smallest absolute Gasteiger partial charge is 0.173 e. The number of anilines is 1. The predicted octanol–water partition coefficient (Wildman–Crippen LogP) is 1.36. The molecule has 0 amide bonds. The van der Waals surface area contributed by atoms with Crippen molar-refractivity contribution >= 4 is 16.7 Å². The molecule has 1 atom stereocenters. The fourth-order valence-corrected chi connectivity index (χ4v) is 3.84. The van der Waals surface area contributed by atoms with Gasteiger partial charge in [0.15, 0.2) is 17.4 Å². The minimum Gasteiger partial charge on any atom is -0.493 e. The van der Waals surface area contributed by atoms with Gasteiger partial charge in [-0.1, -0.05) is 0 Å². The monoisotopic (exact) mass is 432 g/mol. The molecule has 32 heavy (non-hydrogen) atoms. The molecule has 0 bridgehead atoms. The average Bonchev–Trinajstić information content (AvgIpc) is 3.11. The molecule has 0 spiro atoms. The van der Waals surface area contributed by atoms with Gasteiger partial charge in [-0.3, -0.25) is 9.97 Å². The number of ether oxygens (including phenoxy) is 1. The van der Waals surface area contributed by atoms with Crippen LogP contribution in [0.5, 0.6) is 5.75 Å². The number of β-amino-alcohol motifs (C(OH)–C–C–N with tert-alkyl or cyclic N) is 1. The first kappa shape index (κ1) is 20.3. The number of aryl methyl sites for hydroxylation is 1. The van der Waals surface area contributed by atoms with Gasteiger partial charge in [0.1, 0.15) is 5.69 Å². The lowest BCUT2D eigenvalue weighted by Gasteiger charge is -2.25. The first-order valence-corrected chi connectivity index (χ1v) is 10.4. The molecule has 0 aliphatic carbocycles. The van der Waals surface area contributed by atoms with E-state index in [-0.39, 0.29) is 0 Å². The third-order valence-electron chi connectivity index (χ3n) is 5.40. The number of aromatic nitrogens is 6. The highest BCUT2D eigenvalue weighted by molar-refractivity contribution is 5.82. The van der Waals surface area contributed by atoms with E-state index < -0.39 is 6.10 Å². The van der Waals surface area contributed by atoms with Crippen LogP contribution in [0.4, 0.5) is 5.82 Å². The topological polar surface area (TPSA) is 114 Å². The van der Waals surface area contributed by atoms with Crippen molar-refractivity contribution in [3.05, 3.63) is 48.7 Å². The van der Waals surface area contributed by atoms with Crippen LogP contribution in [0.1, 0.15) is 5.69 Å². The summed E-state index contributed by atoms with van der Waals surface area (Å²) in [5, 5.41) is 18.9. The number of methoxy groups -OCH3 is 1. The highest BCUT2D eigenvalue weighted by Crippen LogP contribution is 2.29. The predicted molar refractivity (Wildman–Crippen MR) is 120 cm³/mol. The van der Waals surface area contributed by atoms with Crippen LogP contribution in [-0.4, -0.2) is 74.2 Å². The Morgan fingerprint density at radius 3 is 2.88 bits per heavy atom. The van der Waals surface area contributed by atoms with Crippen LogP contribution in [0.15, 0.2) is 43.0 Å². The van der Waals surface area contributed by atoms with Gasteiger partial charge < -0.3 is 20.1 Å². The standard InChI is InChI=1S/C22H24N8O2/c1-14-8-24-12-18(27-14)17-7-19-15(9-25-17)10-26-30(19)21-4-3-20(32-2)22(28-21)29-6-5-23-11-16(31)13-29/h3-4,7-10,12,16,23,31H,5-6,11,13H2,1-2H3. The van der Waals surface area contributed by atoms with Crippen LogP contribution in [-0.2, 0) is 0 Å². The van der Waals surface area contributed by atoms with Gasteiger partial charge in [-0.05, 0) is 25.1 Å². The molecule has 164 valence electrons. The van der Waals surface area contributed by atoms with Crippen molar-refractivity contribution < 1.29 is 9.84 Å². The molecule has 10 heteroatoms. The minimum absolute atomic E-state index is 0.472. The van der Waals surface area contributed by atoms with E-state index in [2.05, 4.69) is 25.4 Å². The van der Waals surface area contributed by atoms with Gasteiger partial charge in [0.25, 0.3) is 0 Å². The number of rotatable bonds is 4. The Balaban J connectivity index is 1.58. The summed E-state index contributed by atoms with van der Waals surface area (Å²) in [5.41, 5.74) is 3.10. The van der Waals surface area contributed by atoms with E-state index in [1.54, 1.807) is 36.6 Å². The zero-order valence-electron chi connectivity index (χ0n) is 17.9. The molecule has 1 aliphatic rings. The van der Waals surface area contributed by atoms with E-state index in [0.29, 0.717) is 48.4 Å². The molecule has 1 aliphatic heterocycles. The summed E-state index contributed by atoms with van der Waals surface area (Å²) in [4.78, 5) is 20.2. The molecule has 4 aromatic heterocycles. The molecule has 1 fully saturated rings. The Labute approximate surface area is 184 Å². The summed E-state index contributed by atoms with van der Waals surface area (Å²) >= 11 is 0. The molecule has 0 radical (unpaired) electrons. The molecule has 1 saturated heterocycles. The van der Waals surface area contributed by atoms with E-state index in [1.165, 1.54) is 0 Å². The van der Waals surface area contributed by atoms with Crippen LogP contribution < -0.4 is 15.0 Å². The van der Waals surface area contributed by atoms with Gasteiger partial charge >= 0.3 is 0 Å². The van der Waals surface area contributed by atoms with Gasteiger partial charge in [0.2, 0.25) is 0 Å². The second kappa shape index (κ2) is 8.48. The number of aliphatic hydroxyl groups is 1. The van der Waals surface area contributed by atoms with E-state index in [0.717, 1.165) is 23.1 Å². The molecular weight excluding hydrogens is 408 g/mol. The number of pyridine rings is 2. The lowest BCUT2D eigenvalue weighted by Crippen LogP contribution is -2.33. The van der Waals surface area contributed by atoms with Gasteiger partial charge in [-0.15, -0.1) is 0 Å². The third kappa shape index (κ3) is 3.85. The maximum Gasteiger partial charge on any atom is 0.173 e. The Kier molecular flexibility index (Phi) is 5.38. The van der Waals surface area contributed by atoms with Crippen LogP contribution in [0, 0.1) is 6.92 Å². The van der Waals surface area contributed by atoms with E-state index in [9.17, 15) is 5.11 Å². The van der Waals surface area contributed by atoms with Gasteiger partial charge in [0, 0.05) is 44.0 Å². The maximum absolute atomic E-state index is 10.2. The zero-order valence-corrected chi connectivity index (χ0v) is 17.9. The number of hydrogen-bond acceptors (Lipinski definition) is 9. The van der Waals surface area contributed by atoms with E-state index in [4.69, 9.17) is 9.72 Å². The Morgan fingerprint density at radius 1 is 1.12 bits per heavy atom. The van der Waals surface area contributed by atoms with Crippen LogP contribution in [0.25, 0.3) is 28.1 Å². The normalized spacial score (nSPS) is 16.8. The molecule has 10 nitrogen and oxygen atoms in total. The second-order valence-electron chi connectivity index (χ2n) is 7.73. The summed E-state index contributed by atoms with van der Waals surface area (Å²) in [6, 6.07) is 5.69. The summed E-state index contributed by atoms with van der Waals surface area (Å²) < 4.78 is 7.34. The summed E-state index contributed by atoms with van der Waals surface area (Å²) in [6.45, 7) is 4.39. The van der Waals surface area contributed by atoms with Crippen molar-refractivity contribution in [2.75, 3.05) is 38.2 Å². The third-order valence-corrected chi connectivity index (χ3v) is 5.40. The quantitative estimate of drug-likeness (QED) is 0.493. The van der Waals surface area contributed by atoms with Crippen LogP contribution in [0.3, 0.4) is 0 Å². The number of fused-ring (bicyclic) bond motifs is 1. The first-order chi connectivity index (χ1) is 15.6. The van der Waals surface area contributed by atoms with Gasteiger partial charge in [-0.25, -0.2) is 14.6 Å². The molecule has 0 saturated carbocycles. The largest absolute Gasteiger partial charge is 0.493 e. The van der Waals surface area contributed by atoms with Crippen LogP contribution >= 0.6 is 0 Å². The molecular formula is C22H24N8O2. The van der Waals surface area contributed by atoms with Gasteiger partial charge in [0.05, 0.1) is 42.5 Å². The molecule has 0 aromatic carbocycles. The van der Waals surface area contributed by atoms with Crippen molar-refractivity contribution in [1.29, 1.82) is 0 Å². The number of hydrogen-bond donors (Lipinski definition) is 2. The molecule has 5 rings (SSSR count). The van der Waals surface area contributed by atoms with Crippen molar-refractivity contribution in [2.24, 2.45) is 0 Å². The number of aliphatic hydroxyl groups excluding tert-OH is 1. The fraction of sp³-hybridized carbons (Fsp3) is 0.318. The van der Waals surface area contributed by atoms with Crippen molar-refractivity contribution in [1.82, 2.24) is 35.0 Å². The average molecular weight is 432 g/mol. The highest BCUT2D eigenvalue weighted by Gasteiger charge is 2.21. The SMILES string of the molecule is COc1ccc(-n2ncc3cnc(-c4cncc(C)n4)cc32)nc1N1CCNCC(O)C1. The van der Waals surface area contributed by atoms with Crippen molar-refractivity contribution in [2.45, 2.75) is 13.0 Å². The second-order valence-corrected chi connectivity index (χ2v) is 7.73. The molecule has 2 N–H and O–H groups in total. The maximum atomic E-state index is 10.2. The van der Waals surface area contributed by atoms with Crippen molar-refractivity contribution in [3.8, 4) is 23.0 Å². The van der Waals surface area contributed by atoms with E-state index >= 15 is 0 Å². The lowest BCUT2D eigenvalue weighted by atomic mass is 10.2. The Morgan fingerprint density at radius 2 is 2.03 bits per heavy atom. The molecule has 4 aromatic rings. The molecule has 5 heterocycles. The Bertz CT molecular complexity index is 1260. The number of nitrogens with zero attached hydrogens (tertiary/aromatic N) is 7. The highest BCUT2D eigenvalue weighted by atomic mass is 16.5. The summed E-state index contributed by atoms with van der Waals surface area (Å²) in [7, 11) is 1.62. The minimum atomic E-state index is -0.484. The number of nitrogens with one attached hydrogen (secondary N) is 1. The lowest BCUT2D eigenvalue weighted by molar-refractivity contribution is 0.184. The summed E-state index contributed by atoms with van der Waals surface area (Å²) in [6.07, 6.45) is 6.47. The zero-order chi connectivity index (χ0) is 22.1. The van der Waals surface area contributed by atoms with Crippen LogP contribution in [0.2, 0.25) is 0 Å². The first-order valence-electron chi connectivity index (χ1n) is 10.4. The van der Waals surface area contributed by atoms with E-state index in [1.807, 2.05) is 30.0 Å². The summed E-state index contributed by atoms with van der Waals surface area (Å²) in [5.74, 6) is 1.97. The molecule has 1 unspecified atom stereocenters. The van der Waals surface area contributed by atoms with Crippen molar-refractivity contribution in [3.63, 3.8) is 0 Å². The fourth-order valence-electron chi connectivity index (χ4n) is 3.84. The Hall–Kier alpha value is -3.63.